The first-order chi connectivity index (χ1) is 16.8. The zero-order valence-electron chi connectivity index (χ0n) is 23.5. The number of fused-ring (bicyclic) bond motifs is 7. The van der Waals surface area contributed by atoms with E-state index >= 15 is 0 Å². The largest absolute Gasteiger partial charge is 0.481 e. The molecule has 0 radical (unpaired) electrons. The standard InChI is InChI=1S/C30H46O7/c1-16-14-20(31)29(22(32)33)13-12-26(5)17(21(29)28(16,7)36)8-9-19-25(4)15-30(37,23(34)35)24(2,3)18(25)10-11-27(19,26)6/h8,16,18-21,31,36-37H,9-15H2,1-7H3,(H,32,33)(H,34,35). The fraction of sp³-hybridized carbons (Fsp3) is 0.867. The summed E-state index contributed by atoms with van der Waals surface area (Å²) < 4.78 is 0. The molecule has 0 heterocycles. The van der Waals surface area contributed by atoms with Crippen LogP contribution >= 0.6 is 0 Å². The molecule has 0 aliphatic heterocycles. The maximum Gasteiger partial charge on any atom is 0.336 e. The summed E-state index contributed by atoms with van der Waals surface area (Å²) in [5, 5.41) is 55.3. The smallest absolute Gasteiger partial charge is 0.336 e. The molecule has 0 bridgehead atoms. The molecular weight excluding hydrogens is 472 g/mol. The molecule has 37 heavy (non-hydrogen) atoms. The predicted molar refractivity (Wildman–Crippen MR) is 137 cm³/mol. The minimum Gasteiger partial charge on any atom is -0.481 e. The van der Waals surface area contributed by atoms with Gasteiger partial charge in [-0.2, -0.15) is 0 Å². The van der Waals surface area contributed by atoms with Gasteiger partial charge >= 0.3 is 11.9 Å². The van der Waals surface area contributed by atoms with Crippen LogP contribution in [0.2, 0.25) is 0 Å². The Morgan fingerprint density at radius 3 is 2.11 bits per heavy atom. The lowest BCUT2D eigenvalue weighted by molar-refractivity contribution is -0.223. The number of aliphatic hydroxyl groups is 3. The molecule has 0 spiro atoms. The van der Waals surface area contributed by atoms with Gasteiger partial charge in [0.2, 0.25) is 0 Å². The summed E-state index contributed by atoms with van der Waals surface area (Å²) in [6.07, 6.45) is 4.72. The van der Waals surface area contributed by atoms with E-state index in [0.717, 1.165) is 18.4 Å². The van der Waals surface area contributed by atoms with Crippen molar-refractivity contribution in [3.8, 4) is 0 Å². The second-order valence-electron chi connectivity index (χ2n) is 15.0. The van der Waals surface area contributed by atoms with Crippen LogP contribution in [0.3, 0.4) is 0 Å². The highest BCUT2D eigenvalue weighted by atomic mass is 16.4. The van der Waals surface area contributed by atoms with Crippen LogP contribution in [0.1, 0.15) is 93.4 Å². The van der Waals surface area contributed by atoms with E-state index in [1.165, 1.54) is 0 Å². The molecule has 5 rings (SSSR count). The normalized spacial score (nSPS) is 56.3. The molecule has 5 aliphatic rings. The molecule has 7 nitrogen and oxygen atoms in total. The van der Waals surface area contributed by atoms with Crippen molar-refractivity contribution < 1.29 is 35.1 Å². The van der Waals surface area contributed by atoms with E-state index in [-0.39, 0.29) is 42.4 Å². The van der Waals surface area contributed by atoms with Crippen molar-refractivity contribution in [2.75, 3.05) is 0 Å². The zero-order valence-corrected chi connectivity index (χ0v) is 23.5. The third-order valence-electron chi connectivity index (χ3n) is 13.7. The first kappa shape index (κ1) is 27.1. The third-order valence-corrected chi connectivity index (χ3v) is 13.7. The molecule has 5 N–H and O–H groups in total. The van der Waals surface area contributed by atoms with Crippen LogP contribution in [0.5, 0.6) is 0 Å². The lowest BCUT2D eigenvalue weighted by atomic mass is 9.34. The average Bonchev–Trinajstić information content (AvgIpc) is 2.94. The van der Waals surface area contributed by atoms with Gasteiger partial charge in [-0.05, 0) is 85.9 Å². The van der Waals surface area contributed by atoms with Crippen LogP contribution < -0.4 is 0 Å². The van der Waals surface area contributed by atoms with Crippen LogP contribution in [-0.2, 0) is 9.59 Å². The van der Waals surface area contributed by atoms with Crippen molar-refractivity contribution in [1.82, 2.24) is 0 Å². The Balaban J connectivity index is 1.67. The summed E-state index contributed by atoms with van der Waals surface area (Å²) in [6.45, 7) is 14.1. The van der Waals surface area contributed by atoms with Gasteiger partial charge in [-0.15, -0.1) is 0 Å². The Bertz CT molecular complexity index is 1080. The van der Waals surface area contributed by atoms with Crippen LogP contribution in [0, 0.1) is 50.7 Å². The first-order valence-corrected chi connectivity index (χ1v) is 14.1. The third kappa shape index (κ3) is 2.79. The Hall–Kier alpha value is -1.44. The van der Waals surface area contributed by atoms with Crippen LogP contribution in [0.4, 0.5) is 0 Å². The number of carbonyl (C=O) groups is 2. The van der Waals surface area contributed by atoms with Crippen LogP contribution in [0.25, 0.3) is 0 Å². The van der Waals surface area contributed by atoms with Gasteiger partial charge in [-0.1, -0.05) is 53.2 Å². The van der Waals surface area contributed by atoms with Crippen molar-refractivity contribution in [2.45, 2.75) is 111 Å². The summed E-state index contributed by atoms with van der Waals surface area (Å²) >= 11 is 0. The highest BCUT2D eigenvalue weighted by Gasteiger charge is 2.76. The summed E-state index contributed by atoms with van der Waals surface area (Å²) in [5.74, 6) is -3.00. The molecule has 5 aliphatic carbocycles. The van der Waals surface area contributed by atoms with E-state index < -0.39 is 56.8 Å². The Kier molecular flexibility index (Phi) is 5.42. The minimum absolute atomic E-state index is 0.0408. The number of carboxylic acid groups (broad SMARTS) is 2. The lowest BCUT2D eigenvalue weighted by Gasteiger charge is -2.69. The van der Waals surface area contributed by atoms with Gasteiger partial charge in [0.15, 0.2) is 5.60 Å². The summed E-state index contributed by atoms with van der Waals surface area (Å²) in [6, 6.07) is 0. The number of hydrogen-bond acceptors (Lipinski definition) is 5. The highest BCUT2D eigenvalue weighted by molar-refractivity contribution is 5.79. The van der Waals surface area contributed by atoms with Crippen molar-refractivity contribution in [3.63, 3.8) is 0 Å². The SMILES string of the molecule is CC1CC(O)C2(C(=O)O)CCC3(C)C(=CCC4C5(C)CC(O)(C(=O)O)C(C)(C)C5CCC43C)C2C1(C)O. The van der Waals surface area contributed by atoms with Crippen molar-refractivity contribution in [1.29, 1.82) is 0 Å². The second kappa shape index (κ2) is 7.39. The zero-order chi connectivity index (χ0) is 27.8. The number of hydrogen-bond donors (Lipinski definition) is 5. The van der Waals surface area contributed by atoms with Gasteiger partial charge in [-0.25, -0.2) is 4.79 Å². The van der Waals surface area contributed by atoms with E-state index in [1.807, 2.05) is 20.8 Å². The molecule has 0 amide bonds. The molecule has 4 saturated carbocycles. The average molecular weight is 519 g/mol. The van der Waals surface area contributed by atoms with Crippen molar-refractivity contribution in [2.24, 2.45) is 50.7 Å². The number of aliphatic hydroxyl groups excluding tert-OH is 1. The highest BCUT2D eigenvalue weighted by Crippen LogP contribution is 2.77. The van der Waals surface area contributed by atoms with Crippen molar-refractivity contribution in [3.05, 3.63) is 11.6 Å². The summed E-state index contributed by atoms with van der Waals surface area (Å²) in [4.78, 5) is 25.3. The second-order valence-corrected chi connectivity index (χ2v) is 15.0. The topological polar surface area (TPSA) is 135 Å². The molecule has 208 valence electrons. The maximum absolute atomic E-state index is 12.9. The minimum atomic E-state index is -1.81. The number of aliphatic carboxylic acids is 2. The summed E-state index contributed by atoms with van der Waals surface area (Å²) in [5.41, 5.74) is -5.42. The monoisotopic (exact) mass is 518 g/mol. The van der Waals surface area contributed by atoms with Crippen LogP contribution in [-0.4, -0.2) is 54.8 Å². The molecule has 0 aromatic heterocycles. The Labute approximate surface area is 220 Å². The van der Waals surface area contributed by atoms with Gasteiger partial charge in [0.1, 0.15) is 5.41 Å². The lowest BCUT2D eigenvalue weighted by Crippen LogP contribution is -2.69. The number of allylic oxidation sites excluding steroid dienone is 1. The molecule has 11 atom stereocenters. The Morgan fingerprint density at radius 2 is 1.54 bits per heavy atom. The van der Waals surface area contributed by atoms with Crippen LogP contribution in [0.15, 0.2) is 11.6 Å². The van der Waals surface area contributed by atoms with E-state index in [9.17, 15) is 35.1 Å². The Morgan fingerprint density at radius 1 is 0.919 bits per heavy atom. The van der Waals surface area contributed by atoms with E-state index in [4.69, 9.17) is 0 Å². The molecule has 4 fully saturated rings. The van der Waals surface area contributed by atoms with Crippen molar-refractivity contribution >= 4 is 11.9 Å². The number of carboxylic acids is 2. The predicted octanol–water partition coefficient (Wildman–Crippen LogP) is 4.24. The van der Waals surface area contributed by atoms with Gasteiger partial charge in [0, 0.05) is 11.3 Å². The molecular formula is C30H46O7. The molecule has 7 heteroatoms. The fourth-order valence-corrected chi connectivity index (χ4v) is 11.1. The van der Waals surface area contributed by atoms with Gasteiger partial charge in [0.25, 0.3) is 0 Å². The fourth-order valence-electron chi connectivity index (χ4n) is 11.1. The molecule has 11 unspecified atom stereocenters. The summed E-state index contributed by atoms with van der Waals surface area (Å²) in [7, 11) is 0. The molecule has 0 saturated heterocycles. The number of rotatable bonds is 2. The quantitative estimate of drug-likeness (QED) is 0.345. The van der Waals surface area contributed by atoms with Gasteiger partial charge in [-0.3, -0.25) is 4.79 Å². The van der Waals surface area contributed by atoms with Gasteiger partial charge < -0.3 is 25.5 Å². The molecule has 0 aromatic rings. The molecule has 0 aromatic carbocycles. The van der Waals surface area contributed by atoms with E-state index in [2.05, 4.69) is 26.8 Å². The first-order valence-electron chi connectivity index (χ1n) is 14.1. The van der Waals surface area contributed by atoms with E-state index in [0.29, 0.717) is 12.8 Å². The van der Waals surface area contributed by atoms with Gasteiger partial charge in [0.05, 0.1) is 11.7 Å². The maximum atomic E-state index is 12.9. The van der Waals surface area contributed by atoms with E-state index in [1.54, 1.807) is 6.92 Å².